The summed E-state index contributed by atoms with van der Waals surface area (Å²) in [6.45, 7) is 5.38. The van der Waals surface area contributed by atoms with Crippen LogP contribution in [0.25, 0.3) is 0 Å². The summed E-state index contributed by atoms with van der Waals surface area (Å²) in [7, 11) is 1.42. The van der Waals surface area contributed by atoms with E-state index in [1.807, 2.05) is 6.92 Å². The first-order chi connectivity index (χ1) is 5.67. The van der Waals surface area contributed by atoms with E-state index in [0.29, 0.717) is 5.57 Å². The van der Waals surface area contributed by atoms with E-state index in [4.69, 9.17) is 16.3 Å². The van der Waals surface area contributed by atoms with Crippen molar-refractivity contribution >= 4 is 11.6 Å². The zero-order chi connectivity index (χ0) is 9.56. The maximum Gasteiger partial charge on any atom is 0.181 e. The Bertz CT molecular complexity index is 207. The molecule has 1 atom stereocenters. The summed E-state index contributed by atoms with van der Waals surface area (Å²) < 4.78 is 4.72. The van der Waals surface area contributed by atoms with Crippen LogP contribution in [-0.2, 0) is 4.74 Å². The van der Waals surface area contributed by atoms with Gasteiger partial charge in [-0.15, -0.1) is 0 Å². The number of allylic oxidation sites excluding steroid dienone is 2. The minimum absolute atomic E-state index is 0.620. The minimum atomic E-state index is -0.935. The molecule has 12 heavy (non-hydrogen) atoms. The van der Waals surface area contributed by atoms with Crippen LogP contribution in [0.3, 0.4) is 0 Å². The largest absolute Gasteiger partial charge is 0.364 e. The molecule has 0 spiro atoms. The van der Waals surface area contributed by atoms with Crippen molar-refractivity contribution in [3.63, 3.8) is 0 Å². The molecule has 0 rings (SSSR count). The molecule has 0 saturated heterocycles. The number of halogens is 1. The molecule has 1 unspecified atom stereocenters. The molecule has 0 amide bonds. The van der Waals surface area contributed by atoms with Gasteiger partial charge in [0.05, 0.1) is 0 Å². The number of hydrogen-bond donors (Lipinski definition) is 1. The summed E-state index contributed by atoms with van der Waals surface area (Å²) in [6.07, 6.45) is 2.27. The molecule has 0 bridgehead atoms. The number of methoxy groups -OCH3 is 1. The number of rotatable bonds is 4. The molecule has 0 fully saturated rings. The quantitative estimate of drug-likeness (QED) is 0.542. The van der Waals surface area contributed by atoms with Crippen LogP contribution in [0.5, 0.6) is 0 Å². The lowest BCUT2D eigenvalue weighted by atomic mass is 10.1. The van der Waals surface area contributed by atoms with E-state index in [2.05, 4.69) is 6.58 Å². The van der Waals surface area contributed by atoms with E-state index in [1.54, 1.807) is 12.2 Å². The van der Waals surface area contributed by atoms with Crippen LogP contribution in [-0.4, -0.2) is 18.5 Å². The molecule has 3 heteroatoms. The highest BCUT2D eigenvalue weighted by atomic mass is 35.5. The summed E-state index contributed by atoms with van der Waals surface area (Å²) >= 11 is 5.37. The maximum absolute atomic E-state index is 9.29. The summed E-state index contributed by atoms with van der Waals surface area (Å²) in [4.78, 5) is 0. The Morgan fingerprint density at radius 3 is 2.58 bits per heavy atom. The van der Waals surface area contributed by atoms with Crippen LogP contribution in [0.4, 0.5) is 0 Å². The molecule has 0 aliphatic rings. The van der Waals surface area contributed by atoms with Crippen molar-refractivity contribution < 1.29 is 9.84 Å². The molecule has 2 nitrogen and oxygen atoms in total. The van der Waals surface area contributed by atoms with Gasteiger partial charge < -0.3 is 9.84 Å². The van der Waals surface area contributed by atoms with Crippen molar-refractivity contribution in [2.45, 2.75) is 13.2 Å². The standard InChI is InChI=1S/C9H13ClO2/c1-4-8(9(11)12-3)7(2)5-6-10/h4-6,9,11H,1H2,2-3H3/b6-5+,8-7+. The fourth-order valence-electron chi connectivity index (χ4n) is 0.774. The lowest BCUT2D eigenvalue weighted by Gasteiger charge is -2.11. The smallest absolute Gasteiger partial charge is 0.181 e. The molecular formula is C9H13ClO2. The minimum Gasteiger partial charge on any atom is -0.364 e. The first-order valence-corrected chi connectivity index (χ1v) is 3.91. The molecule has 0 heterocycles. The van der Waals surface area contributed by atoms with E-state index in [9.17, 15) is 5.11 Å². The van der Waals surface area contributed by atoms with Gasteiger partial charge in [-0.2, -0.15) is 0 Å². The first-order valence-electron chi connectivity index (χ1n) is 3.48. The van der Waals surface area contributed by atoms with Crippen LogP contribution in [0.1, 0.15) is 6.92 Å². The molecule has 0 aromatic carbocycles. The predicted octanol–water partition coefficient (Wildman–Crippen LogP) is 2.21. The monoisotopic (exact) mass is 188 g/mol. The SMILES string of the molecule is C=C/C(=C(C)\C=C\Cl)C(O)OC. The average molecular weight is 189 g/mol. The van der Waals surface area contributed by atoms with Crippen molar-refractivity contribution in [2.24, 2.45) is 0 Å². The Labute approximate surface area is 77.8 Å². The molecular weight excluding hydrogens is 176 g/mol. The summed E-state index contributed by atoms with van der Waals surface area (Å²) in [5, 5.41) is 9.29. The molecule has 0 aromatic rings. The number of aliphatic hydroxyl groups excluding tert-OH is 1. The van der Waals surface area contributed by atoms with Crippen LogP contribution >= 0.6 is 11.6 Å². The Kier molecular flexibility index (Phi) is 5.72. The molecule has 1 N–H and O–H groups in total. The number of hydrogen-bond acceptors (Lipinski definition) is 2. The van der Waals surface area contributed by atoms with E-state index < -0.39 is 6.29 Å². The maximum atomic E-state index is 9.29. The van der Waals surface area contributed by atoms with Gasteiger partial charge in [-0.1, -0.05) is 24.3 Å². The summed E-state index contributed by atoms with van der Waals surface area (Å²) in [6, 6.07) is 0. The van der Waals surface area contributed by atoms with Crippen LogP contribution in [0.2, 0.25) is 0 Å². The Morgan fingerprint density at radius 1 is 1.67 bits per heavy atom. The Balaban J connectivity index is 4.71. The van der Waals surface area contributed by atoms with Gasteiger partial charge in [0.25, 0.3) is 0 Å². The second-order valence-electron chi connectivity index (χ2n) is 2.22. The lowest BCUT2D eigenvalue weighted by molar-refractivity contribution is -0.0424. The molecule has 0 aliphatic carbocycles. The fourth-order valence-corrected chi connectivity index (χ4v) is 0.963. The average Bonchev–Trinajstić information content (AvgIpc) is 2.06. The van der Waals surface area contributed by atoms with Crippen molar-refractivity contribution in [3.8, 4) is 0 Å². The van der Waals surface area contributed by atoms with Gasteiger partial charge in [0, 0.05) is 18.2 Å². The fraction of sp³-hybridized carbons (Fsp3) is 0.333. The van der Waals surface area contributed by atoms with Crippen molar-refractivity contribution in [2.75, 3.05) is 7.11 Å². The van der Waals surface area contributed by atoms with Crippen LogP contribution in [0.15, 0.2) is 35.4 Å². The first kappa shape index (κ1) is 11.4. The van der Waals surface area contributed by atoms with Gasteiger partial charge >= 0.3 is 0 Å². The number of ether oxygens (including phenoxy) is 1. The third-order valence-electron chi connectivity index (χ3n) is 1.48. The summed E-state index contributed by atoms with van der Waals surface area (Å²) in [5.74, 6) is 0. The van der Waals surface area contributed by atoms with Gasteiger partial charge in [0.1, 0.15) is 0 Å². The van der Waals surface area contributed by atoms with Gasteiger partial charge in [0.2, 0.25) is 0 Å². The van der Waals surface area contributed by atoms with Crippen molar-refractivity contribution in [1.82, 2.24) is 0 Å². The highest BCUT2D eigenvalue weighted by Gasteiger charge is 2.07. The van der Waals surface area contributed by atoms with Crippen LogP contribution in [0, 0.1) is 0 Å². The van der Waals surface area contributed by atoms with Crippen molar-refractivity contribution in [1.29, 1.82) is 0 Å². The molecule has 0 aromatic heterocycles. The van der Waals surface area contributed by atoms with Gasteiger partial charge in [-0.3, -0.25) is 0 Å². The molecule has 0 saturated carbocycles. The van der Waals surface area contributed by atoms with Gasteiger partial charge in [0.15, 0.2) is 6.29 Å². The van der Waals surface area contributed by atoms with E-state index in [1.165, 1.54) is 12.6 Å². The second-order valence-corrected chi connectivity index (χ2v) is 2.48. The lowest BCUT2D eigenvalue weighted by Crippen LogP contribution is -2.12. The Hall–Kier alpha value is -0.570. The highest BCUT2D eigenvalue weighted by Crippen LogP contribution is 2.12. The zero-order valence-electron chi connectivity index (χ0n) is 7.25. The van der Waals surface area contributed by atoms with Crippen molar-refractivity contribution in [3.05, 3.63) is 35.4 Å². The van der Waals surface area contributed by atoms with E-state index in [-0.39, 0.29) is 0 Å². The third-order valence-corrected chi connectivity index (χ3v) is 1.60. The van der Waals surface area contributed by atoms with Crippen LogP contribution < -0.4 is 0 Å². The molecule has 0 aliphatic heterocycles. The highest BCUT2D eigenvalue weighted by molar-refractivity contribution is 6.25. The third kappa shape index (κ3) is 3.22. The van der Waals surface area contributed by atoms with E-state index >= 15 is 0 Å². The van der Waals surface area contributed by atoms with E-state index in [0.717, 1.165) is 5.57 Å². The van der Waals surface area contributed by atoms with Gasteiger partial charge in [-0.05, 0) is 18.6 Å². The second kappa shape index (κ2) is 6.00. The topological polar surface area (TPSA) is 29.5 Å². The number of aliphatic hydroxyl groups is 1. The van der Waals surface area contributed by atoms with Gasteiger partial charge in [-0.25, -0.2) is 0 Å². The molecule has 68 valence electrons. The Morgan fingerprint density at radius 2 is 2.25 bits per heavy atom. The normalized spacial score (nSPS) is 16.0. The molecule has 0 radical (unpaired) electrons. The summed E-state index contributed by atoms with van der Waals surface area (Å²) in [5.41, 5.74) is 2.82. The predicted molar refractivity (Wildman–Crippen MR) is 50.9 cm³/mol. The zero-order valence-corrected chi connectivity index (χ0v) is 8.01.